The number of hydrogen-bond acceptors (Lipinski definition) is 5. The minimum atomic E-state index is -0.335. The minimum absolute atomic E-state index is 0.110. The van der Waals surface area contributed by atoms with Crippen molar-refractivity contribution >= 4 is 34.1 Å². The van der Waals surface area contributed by atoms with Gasteiger partial charge >= 0.3 is 0 Å². The molecule has 4 rings (SSSR count). The summed E-state index contributed by atoms with van der Waals surface area (Å²) in [6.45, 7) is 0. The number of anilines is 1. The predicted molar refractivity (Wildman–Crippen MR) is 111 cm³/mol. The predicted octanol–water partition coefficient (Wildman–Crippen LogP) is 3.72. The van der Waals surface area contributed by atoms with Gasteiger partial charge in [-0.05, 0) is 11.5 Å². The summed E-state index contributed by atoms with van der Waals surface area (Å²) in [5, 5.41) is 13.3. The van der Waals surface area contributed by atoms with E-state index in [1.165, 1.54) is 0 Å². The number of thioether (sulfide) groups is 1. The van der Waals surface area contributed by atoms with E-state index in [2.05, 4.69) is 20.5 Å². The molecule has 1 aromatic heterocycles. The molecule has 0 aliphatic heterocycles. The van der Waals surface area contributed by atoms with E-state index in [1.54, 1.807) is 12.1 Å². The number of nitrogens with zero attached hydrogens (tertiary/aromatic N) is 2. The summed E-state index contributed by atoms with van der Waals surface area (Å²) in [5.74, 6) is -0.0745. The molecule has 0 bridgehead atoms. The van der Waals surface area contributed by atoms with Crippen molar-refractivity contribution in [3.8, 4) is 11.3 Å². The Balaban J connectivity index is 1.44. The highest BCUT2D eigenvalue weighted by Crippen LogP contribution is 2.23. The Hall–Kier alpha value is -3.45. The third-order valence-electron chi connectivity index (χ3n) is 4.13. The zero-order chi connectivity index (χ0) is 19.3. The number of amides is 1. The van der Waals surface area contributed by atoms with Gasteiger partial charge < -0.3 is 5.32 Å². The Morgan fingerprint density at radius 3 is 2.50 bits per heavy atom. The van der Waals surface area contributed by atoms with E-state index in [-0.39, 0.29) is 22.9 Å². The Labute approximate surface area is 165 Å². The maximum Gasteiger partial charge on any atom is 0.278 e. The highest BCUT2D eigenvalue weighted by atomic mass is 32.2. The Kier molecular flexibility index (Phi) is 5.16. The minimum Gasteiger partial charge on any atom is -0.325 e. The average molecular weight is 388 g/mol. The fraction of sp³-hybridized carbons (Fsp3) is 0.0476. The van der Waals surface area contributed by atoms with Gasteiger partial charge in [0.2, 0.25) is 5.91 Å². The van der Waals surface area contributed by atoms with Crippen LogP contribution in [0.5, 0.6) is 0 Å². The van der Waals surface area contributed by atoms with Gasteiger partial charge in [-0.15, -0.1) is 10.2 Å². The first kappa shape index (κ1) is 17.9. The molecular weight excluding hydrogens is 372 g/mol. The number of rotatable bonds is 5. The number of aromatic amines is 1. The lowest BCUT2D eigenvalue weighted by Crippen LogP contribution is -2.17. The van der Waals surface area contributed by atoms with E-state index in [0.717, 1.165) is 28.2 Å². The first-order valence-electron chi connectivity index (χ1n) is 8.63. The van der Waals surface area contributed by atoms with Crippen molar-refractivity contribution in [2.45, 2.75) is 5.16 Å². The summed E-state index contributed by atoms with van der Waals surface area (Å²) in [4.78, 5) is 27.3. The number of aromatic nitrogens is 3. The second-order valence-electron chi connectivity index (χ2n) is 6.04. The van der Waals surface area contributed by atoms with Gasteiger partial charge in [0.05, 0.1) is 5.75 Å². The molecule has 1 heterocycles. The van der Waals surface area contributed by atoms with Crippen molar-refractivity contribution in [3.63, 3.8) is 0 Å². The van der Waals surface area contributed by atoms with Crippen molar-refractivity contribution in [3.05, 3.63) is 83.2 Å². The molecule has 3 aromatic carbocycles. The Morgan fingerprint density at radius 1 is 0.929 bits per heavy atom. The van der Waals surface area contributed by atoms with E-state index in [4.69, 9.17) is 0 Å². The van der Waals surface area contributed by atoms with Gasteiger partial charge in [0.1, 0.15) is 0 Å². The van der Waals surface area contributed by atoms with Gasteiger partial charge in [-0.1, -0.05) is 78.5 Å². The number of benzene rings is 3. The van der Waals surface area contributed by atoms with Crippen LogP contribution in [0.15, 0.2) is 82.7 Å². The van der Waals surface area contributed by atoms with Crippen LogP contribution in [0.3, 0.4) is 0 Å². The van der Waals surface area contributed by atoms with E-state index < -0.39 is 0 Å². The third-order valence-corrected chi connectivity index (χ3v) is 4.99. The quantitative estimate of drug-likeness (QED) is 0.509. The third kappa shape index (κ3) is 3.94. The molecule has 7 heteroatoms. The average Bonchev–Trinajstić information content (AvgIpc) is 2.73. The summed E-state index contributed by atoms with van der Waals surface area (Å²) in [6.07, 6.45) is 0. The first-order valence-corrected chi connectivity index (χ1v) is 9.62. The lowest BCUT2D eigenvalue weighted by molar-refractivity contribution is -0.113. The van der Waals surface area contributed by atoms with E-state index in [9.17, 15) is 9.59 Å². The van der Waals surface area contributed by atoms with Crippen molar-refractivity contribution < 1.29 is 4.79 Å². The van der Waals surface area contributed by atoms with Crippen LogP contribution < -0.4 is 10.9 Å². The van der Waals surface area contributed by atoms with E-state index >= 15 is 0 Å². The van der Waals surface area contributed by atoms with Crippen LogP contribution in [-0.2, 0) is 4.79 Å². The van der Waals surface area contributed by atoms with Crippen molar-refractivity contribution in [2.75, 3.05) is 11.1 Å². The van der Waals surface area contributed by atoms with Crippen molar-refractivity contribution in [1.82, 2.24) is 15.2 Å². The molecule has 0 saturated carbocycles. The highest BCUT2D eigenvalue weighted by Gasteiger charge is 2.10. The molecule has 0 atom stereocenters. The van der Waals surface area contributed by atoms with Gasteiger partial charge in [-0.25, -0.2) is 0 Å². The molecule has 0 aliphatic carbocycles. The van der Waals surface area contributed by atoms with Gasteiger partial charge in [0.15, 0.2) is 10.9 Å². The standard InChI is InChI=1S/C21H16N4O2S/c26-18(22-17-12-6-10-14-7-4-5-11-16(14)17)13-28-21-23-20(27)19(24-25-21)15-8-2-1-3-9-15/h1-12H,13H2,(H,22,26)(H,23,25,27). The van der Waals surface area contributed by atoms with Gasteiger partial charge in [0.25, 0.3) is 5.56 Å². The zero-order valence-corrected chi connectivity index (χ0v) is 15.6. The molecule has 138 valence electrons. The molecule has 0 spiro atoms. The second kappa shape index (κ2) is 8.06. The van der Waals surface area contributed by atoms with Crippen LogP contribution in [-0.4, -0.2) is 26.8 Å². The summed E-state index contributed by atoms with van der Waals surface area (Å²) in [6, 6.07) is 22.7. The number of nitrogens with one attached hydrogen (secondary N) is 2. The number of fused-ring (bicyclic) bond motifs is 1. The summed E-state index contributed by atoms with van der Waals surface area (Å²) in [7, 11) is 0. The fourth-order valence-corrected chi connectivity index (χ4v) is 3.43. The lowest BCUT2D eigenvalue weighted by Gasteiger charge is -2.08. The van der Waals surface area contributed by atoms with Crippen LogP contribution in [0.2, 0.25) is 0 Å². The van der Waals surface area contributed by atoms with Crippen LogP contribution in [0.4, 0.5) is 5.69 Å². The largest absolute Gasteiger partial charge is 0.325 e. The molecule has 0 radical (unpaired) electrons. The topological polar surface area (TPSA) is 87.7 Å². The molecule has 0 unspecified atom stereocenters. The molecule has 0 aliphatic rings. The summed E-state index contributed by atoms with van der Waals surface area (Å²) >= 11 is 1.13. The van der Waals surface area contributed by atoms with Crippen LogP contribution >= 0.6 is 11.8 Å². The first-order chi connectivity index (χ1) is 13.7. The molecular formula is C21H16N4O2S. The number of hydrogen-bond donors (Lipinski definition) is 2. The van der Waals surface area contributed by atoms with Crippen LogP contribution in [0, 0.1) is 0 Å². The van der Waals surface area contributed by atoms with E-state index in [0.29, 0.717) is 10.7 Å². The number of carbonyl (C=O) groups excluding carboxylic acids is 1. The molecule has 4 aromatic rings. The summed E-state index contributed by atoms with van der Waals surface area (Å²) < 4.78 is 0. The van der Waals surface area contributed by atoms with Crippen molar-refractivity contribution in [2.24, 2.45) is 0 Å². The van der Waals surface area contributed by atoms with Crippen molar-refractivity contribution in [1.29, 1.82) is 0 Å². The molecule has 0 saturated heterocycles. The maximum absolute atomic E-state index is 12.3. The molecule has 2 N–H and O–H groups in total. The number of H-pyrrole nitrogens is 1. The van der Waals surface area contributed by atoms with Crippen LogP contribution in [0.25, 0.3) is 22.0 Å². The molecule has 28 heavy (non-hydrogen) atoms. The smallest absolute Gasteiger partial charge is 0.278 e. The SMILES string of the molecule is O=C(CSc1nnc(-c2ccccc2)c(=O)[nH]1)Nc1cccc2ccccc12. The van der Waals surface area contributed by atoms with Crippen LogP contribution in [0.1, 0.15) is 0 Å². The fourth-order valence-electron chi connectivity index (χ4n) is 2.83. The molecule has 6 nitrogen and oxygen atoms in total. The lowest BCUT2D eigenvalue weighted by atomic mass is 10.1. The zero-order valence-electron chi connectivity index (χ0n) is 14.8. The maximum atomic E-state index is 12.3. The normalized spacial score (nSPS) is 10.7. The Morgan fingerprint density at radius 2 is 1.68 bits per heavy atom. The Bertz CT molecular complexity index is 1190. The molecule has 0 fully saturated rings. The van der Waals surface area contributed by atoms with Gasteiger partial charge in [-0.2, -0.15) is 0 Å². The number of carbonyl (C=O) groups is 1. The van der Waals surface area contributed by atoms with E-state index in [1.807, 2.05) is 60.7 Å². The highest BCUT2D eigenvalue weighted by molar-refractivity contribution is 7.99. The van der Waals surface area contributed by atoms with Gasteiger partial charge in [-0.3, -0.25) is 14.6 Å². The molecule has 1 amide bonds. The second-order valence-corrected chi connectivity index (χ2v) is 7.00. The van der Waals surface area contributed by atoms with Gasteiger partial charge in [0, 0.05) is 16.6 Å². The monoisotopic (exact) mass is 388 g/mol. The summed E-state index contributed by atoms with van der Waals surface area (Å²) in [5.41, 5.74) is 1.37.